The Morgan fingerprint density at radius 2 is 1.67 bits per heavy atom. The fourth-order valence-electron chi connectivity index (χ4n) is 2.99. The van der Waals surface area contributed by atoms with Crippen LogP contribution in [0.3, 0.4) is 0 Å². The lowest BCUT2D eigenvalue weighted by atomic mass is 10.1. The number of nitrogens with zero attached hydrogens (tertiary/aromatic N) is 1. The molecular weight excluding hydrogens is 376 g/mol. The van der Waals surface area contributed by atoms with Crippen LogP contribution >= 0.6 is 0 Å². The van der Waals surface area contributed by atoms with Gasteiger partial charge in [0, 0.05) is 10.8 Å². The first kappa shape index (κ1) is 17.2. The average Bonchev–Trinajstić information content (AvgIpc) is 3.00. The van der Waals surface area contributed by atoms with Gasteiger partial charge in [0.1, 0.15) is 5.69 Å². The number of hydrogen-bond donors (Lipinski definition) is 2. The summed E-state index contributed by atoms with van der Waals surface area (Å²) in [7, 11) is -4.02. The smallest absolute Gasteiger partial charge is 0.280 e. The number of fused-ring (bicyclic) bond motifs is 3. The van der Waals surface area contributed by atoms with E-state index < -0.39 is 22.1 Å². The standard InChI is InChI=1S/C18H13F2N3O3S/c19-18(20)16-15-8-6-11-10-12(24)7-9-14(11)17(15)23(21-16)22-27(25,26)13-4-2-1-3-5-13/h1-10,18,21-22H. The van der Waals surface area contributed by atoms with Crippen molar-refractivity contribution in [2.75, 3.05) is 4.83 Å². The Balaban J connectivity index is 1.98. The number of benzene rings is 3. The molecule has 6 nitrogen and oxygen atoms in total. The van der Waals surface area contributed by atoms with Gasteiger partial charge < -0.3 is 0 Å². The molecule has 1 aromatic heterocycles. The number of nitrogens with one attached hydrogen (secondary N) is 2. The van der Waals surface area contributed by atoms with E-state index in [0.29, 0.717) is 10.8 Å². The van der Waals surface area contributed by atoms with Gasteiger partial charge in [0.25, 0.3) is 16.4 Å². The van der Waals surface area contributed by atoms with Gasteiger partial charge in [-0.2, -0.15) is 13.2 Å². The third-order valence-electron chi connectivity index (χ3n) is 4.19. The van der Waals surface area contributed by atoms with E-state index in [-0.39, 0.29) is 21.2 Å². The van der Waals surface area contributed by atoms with E-state index in [0.717, 1.165) is 4.79 Å². The van der Waals surface area contributed by atoms with Crippen LogP contribution in [0.4, 0.5) is 8.78 Å². The Morgan fingerprint density at radius 1 is 0.963 bits per heavy atom. The monoisotopic (exact) mass is 389 g/mol. The molecule has 0 radical (unpaired) electrons. The molecule has 0 spiro atoms. The molecule has 3 aromatic carbocycles. The highest BCUT2D eigenvalue weighted by Gasteiger charge is 2.22. The van der Waals surface area contributed by atoms with E-state index >= 15 is 0 Å². The maximum Gasteiger partial charge on any atom is 0.280 e. The summed E-state index contributed by atoms with van der Waals surface area (Å²) >= 11 is 0. The number of H-pyrrole nitrogens is 1. The van der Waals surface area contributed by atoms with Gasteiger partial charge in [-0.1, -0.05) is 30.3 Å². The number of rotatable bonds is 4. The van der Waals surface area contributed by atoms with Crippen molar-refractivity contribution in [3.8, 4) is 0 Å². The van der Waals surface area contributed by atoms with Gasteiger partial charge in [0.2, 0.25) is 0 Å². The first-order valence-electron chi connectivity index (χ1n) is 7.90. The van der Waals surface area contributed by atoms with Crippen LogP contribution in [-0.2, 0) is 10.0 Å². The van der Waals surface area contributed by atoms with Crippen LogP contribution in [0.25, 0.3) is 21.7 Å². The second-order valence-electron chi connectivity index (χ2n) is 5.91. The zero-order chi connectivity index (χ0) is 19.2. The van der Waals surface area contributed by atoms with Crippen molar-refractivity contribution in [3.63, 3.8) is 0 Å². The van der Waals surface area contributed by atoms with Crippen molar-refractivity contribution >= 4 is 31.7 Å². The number of alkyl halides is 2. The summed E-state index contributed by atoms with van der Waals surface area (Å²) in [5.74, 6) is 0. The highest BCUT2D eigenvalue weighted by Crippen LogP contribution is 2.31. The van der Waals surface area contributed by atoms with E-state index in [1.165, 1.54) is 36.4 Å². The molecule has 0 aliphatic rings. The van der Waals surface area contributed by atoms with E-state index in [1.54, 1.807) is 24.3 Å². The van der Waals surface area contributed by atoms with Crippen LogP contribution in [0.15, 0.2) is 70.4 Å². The van der Waals surface area contributed by atoms with Gasteiger partial charge in [-0.05, 0) is 35.7 Å². The van der Waals surface area contributed by atoms with E-state index in [4.69, 9.17) is 0 Å². The van der Waals surface area contributed by atoms with Gasteiger partial charge in [-0.25, -0.2) is 13.6 Å². The zero-order valence-corrected chi connectivity index (χ0v) is 14.5. The number of sulfonamides is 1. The van der Waals surface area contributed by atoms with E-state index in [2.05, 4.69) is 9.93 Å². The molecule has 27 heavy (non-hydrogen) atoms. The quantitative estimate of drug-likeness (QED) is 0.561. The summed E-state index contributed by atoms with van der Waals surface area (Å²) in [4.78, 5) is 14.8. The van der Waals surface area contributed by atoms with Crippen LogP contribution in [-0.4, -0.2) is 18.3 Å². The number of halogens is 2. The highest BCUT2D eigenvalue weighted by atomic mass is 32.2. The highest BCUT2D eigenvalue weighted by molar-refractivity contribution is 7.92. The molecule has 0 bridgehead atoms. The summed E-state index contributed by atoms with van der Waals surface area (Å²) in [5.41, 5.74) is -0.445. The molecule has 2 N–H and O–H groups in total. The molecule has 0 amide bonds. The lowest BCUT2D eigenvalue weighted by Gasteiger charge is -2.11. The summed E-state index contributed by atoms with van der Waals surface area (Å²) < 4.78 is 52.2. The van der Waals surface area contributed by atoms with Gasteiger partial charge in [-0.15, -0.1) is 0 Å². The lowest BCUT2D eigenvalue weighted by molar-refractivity contribution is 0.147. The minimum Gasteiger partial charge on any atom is -0.290 e. The van der Waals surface area contributed by atoms with Crippen molar-refractivity contribution in [2.45, 2.75) is 11.3 Å². The molecule has 0 unspecified atom stereocenters. The van der Waals surface area contributed by atoms with Gasteiger partial charge in [-0.3, -0.25) is 9.89 Å². The van der Waals surface area contributed by atoms with Crippen LogP contribution in [0.1, 0.15) is 12.1 Å². The van der Waals surface area contributed by atoms with Crippen molar-refractivity contribution in [2.24, 2.45) is 0 Å². The molecule has 4 aromatic rings. The largest absolute Gasteiger partial charge is 0.290 e. The second-order valence-corrected chi connectivity index (χ2v) is 7.57. The Morgan fingerprint density at radius 3 is 2.37 bits per heavy atom. The summed E-state index contributed by atoms with van der Waals surface area (Å²) in [6.07, 6.45) is -2.84. The Labute approximate surface area is 152 Å². The summed E-state index contributed by atoms with van der Waals surface area (Å²) in [6.45, 7) is 0. The SMILES string of the molecule is O=c1ccc2c(ccc3c(C(F)F)[nH]n(NS(=O)(=O)c4ccccc4)c32)c1. The van der Waals surface area contributed by atoms with Crippen LogP contribution in [0.5, 0.6) is 0 Å². The van der Waals surface area contributed by atoms with Crippen LogP contribution in [0.2, 0.25) is 0 Å². The molecule has 0 aliphatic carbocycles. The minimum absolute atomic E-state index is 0.0130. The number of aromatic amines is 1. The summed E-state index contributed by atoms with van der Waals surface area (Å²) in [5, 5.41) is 3.56. The first-order valence-corrected chi connectivity index (χ1v) is 9.38. The topological polar surface area (TPSA) is 84.0 Å². The molecule has 0 atom stereocenters. The molecule has 4 rings (SSSR count). The Bertz CT molecular complexity index is 1310. The van der Waals surface area contributed by atoms with E-state index in [1.807, 2.05) is 0 Å². The normalized spacial score (nSPS) is 12.1. The first-order chi connectivity index (χ1) is 12.9. The summed E-state index contributed by atoms with van der Waals surface area (Å²) in [6, 6.07) is 14.7. The van der Waals surface area contributed by atoms with Crippen LogP contribution in [0, 0.1) is 0 Å². The molecule has 0 saturated carbocycles. The van der Waals surface area contributed by atoms with Crippen molar-refractivity contribution in [3.05, 3.63) is 76.6 Å². The van der Waals surface area contributed by atoms with Crippen molar-refractivity contribution < 1.29 is 17.2 Å². The number of hydrogen-bond acceptors (Lipinski definition) is 3. The fraction of sp³-hybridized carbons (Fsp3) is 0.0556. The van der Waals surface area contributed by atoms with Crippen LogP contribution < -0.4 is 10.3 Å². The maximum absolute atomic E-state index is 13.5. The molecule has 1 heterocycles. The third-order valence-corrected chi connectivity index (χ3v) is 5.51. The molecule has 9 heteroatoms. The van der Waals surface area contributed by atoms with Gasteiger partial charge >= 0.3 is 0 Å². The number of aromatic nitrogens is 2. The van der Waals surface area contributed by atoms with E-state index in [9.17, 15) is 22.0 Å². The molecular formula is C18H13F2N3O3S. The maximum atomic E-state index is 13.5. The third kappa shape index (κ3) is 2.95. The Kier molecular flexibility index (Phi) is 3.96. The molecule has 0 saturated heterocycles. The minimum atomic E-state index is -4.02. The predicted molar refractivity (Wildman–Crippen MR) is 98.0 cm³/mol. The van der Waals surface area contributed by atoms with Crippen molar-refractivity contribution in [1.82, 2.24) is 9.89 Å². The Hall–Kier alpha value is -3.20. The van der Waals surface area contributed by atoms with Gasteiger partial charge in [0.05, 0.1) is 10.4 Å². The lowest BCUT2D eigenvalue weighted by Crippen LogP contribution is -2.24. The molecule has 0 fully saturated rings. The van der Waals surface area contributed by atoms with Crippen molar-refractivity contribution in [1.29, 1.82) is 0 Å². The predicted octanol–water partition coefficient (Wildman–Crippen LogP) is 3.35. The molecule has 0 aliphatic heterocycles. The van der Waals surface area contributed by atoms with Gasteiger partial charge in [0.15, 0.2) is 5.43 Å². The fourth-order valence-corrected chi connectivity index (χ4v) is 3.99. The average molecular weight is 389 g/mol. The second kappa shape index (κ2) is 6.20. The zero-order valence-electron chi connectivity index (χ0n) is 13.7. The molecule has 138 valence electrons.